The smallest absolute Gasteiger partial charge is 0.323 e. The predicted molar refractivity (Wildman–Crippen MR) is 109 cm³/mol. The SMILES string of the molecule is CCN(CC)c1nc2cc(NC(=O)Nc3ccccc3)ccc2nc1OC. The zero-order chi connectivity index (χ0) is 19.2. The number of rotatable bonds is 6. The van der Waals surface area contributed by atoms with Crippen molar-refractivity contribution < 1.29 is 9.53 Å². The topological polar surface area (TPSA) is 79.4 Å². The molecule has 0 atom stereocenters. The van der Waals surface area contributed by atoms with Crippen molar-refractivity contribution in [1.29, 1.82) is 0 Å². The number of benzene rings is 2. The molecule has 1 heterocycles. The monoisotopic (exact) mass is 365 g/mol. The Labute approximate surface area is 158 Å². The second-order valence-electron chi connectivity index (χ2n) is 5.88. The highest BCUT2D eigenvalue weighted by Gasteiger charge is 2.15. The van der Waals surface area contributed by atoms with Gasteiger partial charge in [-0.05, 0) is 44.2 Å². The van der Waals surface area contributed by atoms with Gasteiger partial charge in [0.15, 0.2) is 5.82 Å². The van der Waals surface area contributed by atoms with Crippen LogP contribution in [0.2, 0.25) is 0 Å². The average Bonchev–Trinajstić information content (AvgIpc) is 2.69. The lowest BCUT2D eigenvalue weighted by Crippen LogP contribution is -2.24. The molecule has 3 rings (SSSR count). The first-order valence-electron chi connectivity index (χ1n) is 8.88. The maximum atomic E-state index is 12.2. The van der Waals surface area contributed by atoms with Crippen LogP contribution in [0.3, 0.4) is 0 Å². The van der Waals surface area contributed by atoms with Gasteiger partial charge in [-0.2, -0.15) is 0 Å². The summed E-state index contributed by atoms with van der Waals surface area (Å²) >= 11 is 0. The van der Waals surface area contributed by atoms with Crippen LogP contribution in [0.4, 0.5) is 22.0 Å². The second-order valence-corrected chi connectivity index (χ2v) is 5.88. The van der Waals surface area contributed by atoms with E-state index in [4.69, 9.17) is 9.72 Å². The highest BCUT2D eigenvalue weighted by molar-refractivity contribution is 6.00. The molecule has 0 fully saturated rings. The number of carbonyl (C=O) groups is 1. The Kier molecular flexibility index (Phi) is 5.71. The molecule has 0 unspecified atom stereocenters. The molecule has 0 aliphatic heterocycles. The summed E-state index contributed by atoms with van der Waals surface area (Å²) in [6.07, 6.45) is 0. The van der Waals surface area contributed by atoms with Gasteiger partial charge in [0, 0.05) is 24.5 Å². The van der Waals surface area contributed by atoms with Crippen molar-refractivity contribution in [3.05, 3.63) is 48.5 Å². The van der Waals surface area contributed by atoms with E-state index in [9.17, 15) is 4.79 Å². The van der Waals surface area contributed by atoms with Crippen LogP contribution >= 0.6 is 0 Å². The van der Waals surface area contributed by atoms with Gasteiger partial charge in [0.05, 0.1) is 18.1 Å². The average molecular weight is 365 g/mol. The first-order valence-corrected chi connectivity index (χ1v) is 8.88. The number of anilines is 3. The van der Waals surface area contributed by atoms with Crippen molar-refractivity contribution >= 4 is 34.3 Å². The van der Waals surface area contributed by atoms with Gasteiger partial charge in [-0.1, -0.05) is 18.2 Å². The Hall–Kier alpha value is -3.35. The first kappa shape index (κ1) is 18.4. The quantitative estimate of drug-likeness (QED) is 0.687. The molecule has 2 N–H and O–H groups in total. The number of para-hydroxylation sites is 1. The van der Waals surface area contributed by atoms with Gasteiger partial charge in [-0.3, -0.25) is 0 Å². The van der Waals surface area contributed by atoms with Crippen LogP contribution < -0.4 is 20.3 Å². The van der Waals surface area contributed by atoms with E-state index in [-0.39, 0.29) is 6.03 Å². The summed E-state index contributed by atoms with van der Waals surface area (Å²) in [4.78, 5) is 23.5. The van der Waals surface area contributed by atoms with Gasteiger partial charge in [0.2, 0.25) is 0 Å². The molecule has 27 heavy (non-hydrogen) atoms. The van der Waals surface area contributed by atoms with E-state index in [2.05, 4.69) is 34.4 Å². The molecule has 2 aromatic carbocycles. The summed E-state index contributed by atoms with van der Waals surface area (Å²) in [5, 5.41) is 5.62. The number of carbonyl (C=O) groups excluding carboxylic acids is 1. The lowest BCUT2D eigenvalue weighted by atomic mass is 10.2. The standard InChI is InChI=1S/C20H23N5O2/c1-4-25(5-2)18-19(27-3)24-16-12-11-15(13-17(16)23-18)22-20(26)21-14-9-7-6-8-10-14/h6-13H,4-5H2,1-3H3,(H2,21,22,26). The molecular formula is C20H23N5O2. The summed E-state index contributed by atoms with van der Waals surface area (Å²) in [5.74, 6) is 1.19. The molecule has 0 saturated heterocycles. The molecule has 7 heteroatoms. The van der Waals surface area contributed by atoms with Crippen LogP contribution in [-0.2, 0) is 0 Å². The number of nitrogens with zero attached hydrogens (tertiary/aromatic N) is 3. The largest absolute Gasteiger partial charge is 0.478 e. The zero-order valence-electron chi connectivity index (χ0n) is 15.7. The fraction of sp³-hybridized carbons (Fsp3) is 0.250. The lowest BCUT2D eigenvalue weighted by Gasteiger charge is -2.21. The molecule has 0 aliphatic rings. The number of hydrogen-bond donors (Lipinski definition) is 2. The fourth-order valence-corrected chi connectivity index (χ4v) is 2.79. The van der Waals surface area contributed by atoms with Gasteiger partial charge in [-0.25, -0.2) is 14.8 Å². The van der Waals surface area contributed by atoms with Gasteiger partial charge >= 0.3 is 6.03 Å². The number of amides is 2. The minimum Gasteiger partial charge on any atom is -0.478 e. The molecule has 0 bridgehead atoms. The van der Waals surface area contributed by atoms with E-state index in [0.717, 1.165) is 18.8 Å². The van der Waals surface area contributed by atoms with Crippen molar-refractivity contribution in [1.82, 2.24) is 9.97 Å². The molecule has 140 valence electrons. The number of aromatic nitrogens is 2. The number of hydrogen-bond acceptors (Lipinski definition) is 5. The molecule has 0 radical (unpaired) electrons. The van der Waals surface area contributed by atoms with E-state index >= 15 is 0 Å². The third-order valence-electron chi connectivity index (χ3n) is 4.16. The summed E-state index contributed by atoms with van der Waals surface area (Å²) in [5.41, 5.74) is 2.76. The van der Waals surface area contributed by atoms with Gasteiger partial charge in [0.25, 0.3) is 5.88 Å². The van der Waals surface area contributed by atoms with Crippen LogP contribution in [0.5, 0.6) is 5.88 Å². The molecule has 0 spiro atoms. The normalized spacial score (nSPS) is 10.5. The summed E-state index contributed by atoms with van der Waals surface area (Å²) in [6.45, 7) is 5.70. The number of nitrogens with one attached hydrogen (secondary N) is 2. The van der Waals surface area contributed by atoms with Crippen molar-refractivity contribution in [2.24, 2.45) is 0 Å². The van der Waals surface area contributed by atoms with Crippen molar-refractivity contribution in [3.8, 4) is 5.88 Å². The van der Waals surface area contributed by atoms with Crippen molar-refractivity contribution in [3.63, 3.8) is 0 Å². The molecule has 3 aromatic rings. The number of urea groups is 1. The van der Waals surface area contributed by atoms with Crippen molar-refractivity contribution in [2.45, 2.75) is 13.8 Å². The molecule has 0 saturated carbocycles. The summed E-state index contributed by atoms with van der Waals surface area (Å²) < 4.78 is 5.40. The highest BCUT2D eigenvalue weighted by Crippen LogP contribution is 2.28. The first-order chi connectivity index (χ1) is 13.1. The Morgan fingerprint density at radius 1 is 0.963 bits per heavy atom. The van der Waals surface area contributed by atoms with Crippen LogP contribution in [0.15, 0.2) is 48.5 Å². The molecule has 2 amide bonds. The molecular weight excluding hydrogens is 342 g/mol. The van der Waals surface area contributed by atoms with E-state index in [1.54, 1.807) is 19.2 Å². The van der Waals surface area contributed by atoms with Crippen LogP contribution in [0, 0.1) is 0 Å². The minimum atomic E-state index is -0.314. The third-order valence-corrected chi connectivity index (χ3v) is 4.16. The Morgan fingerprint density at radius 2 is 1.67 bits per heavy atom. The lowest BCUT2D eigenvalue weighted by molar-refractivity contribution is 0.262. The molecule has 7 nitrogen and oxygen atoms in total. The number of fused-ring (bicyclic) bond motifs is 1. The van der Waals surface area contributed by atoms with Gasteiger partial charge < -0.3 is 20.3 Å². The van der Waals surface area contributed by atoms with E-state index in [1.165, 1.54) is 0 Å². The van der Waals surface area contributed by atoms with E-state index in [1.807, 2.05) is 36.4 Å². The maximum Gasteiger partial charge on any atom is 0.323 e. The van der Waals surface area contributed by atoms with Crippen molar-refractivity contribution in [2.75, 3.05) is 35.7 Å². The van der Waals surface area contributed by atoms with Crippen LogP contribution in [0.1, 0.15) is 13.8 Å². The van der Waals surface area contributed by atoms with E-state index in [0.29, 0.717) is 28.4 Å². The molecule has 1 aromatic heterocycles. The van der Waals surface area contributed by atoms with Gasteiger partial charge in [-0.15, -0.1) is 0 Å². The highest BCUT2D eigenvalue weighted by atomic mass is 16.5. The Balaban J connectivity index is 1.86. The van der Waals surface area contributed by atoms with E-state index < -0.39 is 0 Å². The fourth-order valence-electron chi connectivity index (χ4n) is 2.79. The molecule has 0 aliphatic carbocycles. The summed E-state index contributed by atoms with van der Waals surface area (Å²) in [7, 11) is 1.59. The predicted octanol–water partition coefficient (Wildman–Crippen LogP) is 4.13. The Bertz CT molecular complexity index is 926. The summed E-state index contributed by atoms with van der Waals surface area (Å²) in [6, 6.07) is 14.4. The second kappa shape index (κ2) is 8.35. The number of ether oxygens (including phenoxy) is 1. The van der Waals surface area contributed by atoms with Crippen LogP contribution in [0.25, 0.3) is 11.0 Å². The van der Waals surface area contributed by atoms with Gasteiger partial charge in [0.1, 0.15) is 0 Å². The maximum absolute atomic E-state index is 12.2. The number of methoxy groups -OCH3 is 1. The zero-order valence-corrected chi connectivity index (χ0v) is 15.7. The minimum absolute atomic E-state index is 0.314. The third kappa shape index (κ3) is 4.25. The van der Waals surface area contributed by atoms with Crippen LogP contribution in [-0.4, -0.2) is 36.2 Å². The Morgan fingerprint density at radius 3 is 2.33 bits per heavy atom.